The Kier molecular flexibility index (Phi) is 4.01. The average molecular weight is 345 g/mol. The molecule has 1 amide bonds. The molecule has 0 bridgehead atoms. The summed E-state index contributed by atoms with van der Waals surface area (Å²) < 4.78 is 5.07. The number of hydrogen-bond donors (Lipinski definition) is 1. The molecule has 0 fully saturated rings. The van der Waals surface area contributed by atoms with Crippen LogP contribution in [0.5, 0.6) is 0 Å². The Morgan fingerprint density at radius 2 is 1.83 bits per heavy atom. The van der Waals surface area contributed by atoms with Gasteiger partial charge < -0.3 is 9.73 Å². The molecule has 24 heavy (non-hydrogen) atoms. The van der Waals surface area contributed by atoms with Crippen LogP contribution in [0.15, 0.2) is 57.7 Å². The number of nitrogens with zero attached hydrogens (tertiary/aromatic N) is 1. The van der Waals surface area contributed by atoms with Crippen molar-refractivity contribution in [3.05, 3.63) is 79.7 Å². The number of benzene rings is 2. The largest absolute Gasteiger partial charge is 0.421 e. The van der Waals surface area contributed by atoms with E-state index in [1.165, 1.54) is 36.4 Å². The van der Waals surface area contributed by atoms with Crippen molar-refractivity contribution in [2.45, 2.75) is 0 Å². The Bertz CT molecular complexity index is 1010. The summed E-state index contributed by atoms with van der Waals surface area (Å²) in [6.45, 7) is 0. The van der Waals surface area contributed by atoms with Gasteiger partial charge in [0.2, 0.25) is 0 Å². The summed E-state index contributed by atoms with van der Waals surface area (Å²) in [6.07, 6.45) is 0. The third-order valence-corrected chi connectivity index (χ3v) is 3.53. The molecule has 1 N–H and O–H groups in total. The van der Waals surface area contributed by atoms with Crippen LogP contribution >= 0.6 is 11.6 Å². The normalized spacial score (nSPS) is 10.5. The number of halogens is 1. The number of amides is 1. The molecule has 2 aromatic carbocycles. The van der Waals surface area contributed by atoms with Gasteiger partial charge >= 0.3 is 5.63 Å². The molecule has 3 rings (SSSR count). The van der Waals surface area contributed by atoms with E-state index in [9.17, 15) is 19.7 Å². The first-order valence-electron chi connectivity index (χ1n) is 6.73. The number of nitro benzene ring substituents is 1. The summed E-state index contributed by atoms with van der Waals surface area (Å²) >= 11 is 5.76. The van der Waals surface area contributed by atoms with E-state index in [4.69, 9.17) is 16.0 Å². The second kappa shape index (κ2) is 6.13. The van der Waals surface area contributed by atoms with Crippen molar-refractivity contribution in [3.63, 3.8) is 0 Å². The molecule has 120 valence electrons. The molecule has 0 radical (unpaired) electrons. The number of carbonyl (C=O) groups excluding carboxylic acids is 1. The van der Waals surface area contributed by atoms with E-state index in [1.807, 2.05) is 0 Å². The lowest BCUT2D eigenvalue weighted by Crippen LogP contribution is -2.17. The molecule has 3 aromatic rings. The molecule has 7 nitrogen and oxygen atoms in total. The topological polar surface area (TPSA) is 102 Å². The van der Waals surface area contributed by atoms with E-state index in [0.717, 1.165) is 0 Å². The first-order chi connectivity index (χ1) is 11.4. The Morgan fingerprint density at radius 1 is 1.12 bits per heavy atom. The minimum Gasteiger partial charge on any atom is -0.421 e. The third-order valence-electron chi connectivity index (χ3n) is 3.28. The lowest BCUT2D eigenvalue weighted by atomic mass is 10.2. The highest BCUT2D eigenvalue weighted by Gasteiger charge is 2.13. The zero-order valence-corrected chi connectivity index (χ0v) is 12.7. The summed E-state index contributed by atoms with van der Waals surface area (Å²) in [5, 5.41) is 14.1. The van der Waals surface area contributed by atoms with Crippen molar-refractivity contribution in [3.8, 4) is 0 Å². The van der Waals surface area contributed by atoms with E-state index >= 15 is 0 Å². The summed E-state index contributed by atoms with van der Waals surface area (Å²) in [7, 11) is 0. The van der Waals surface area contributed by atoms with E-state index in [2.05, 4.69) is 5.32 Å². The predicted molar refractivity (Wildman–Crippen MR) is 88.5 cm³/mol. The molecule has 1 heterocycles. The minimum absolute atomic E-state index is 0.108. The van der Waals surface area contributed by atoms with Crippen LogP contribution in [-0.2, 0) is 0 Å². The first kappa shape index (κ1) is 15.7. The first-order valence-corrected chi connectivity index (χ1v) is 7.11. The monoisotopic (exact) mass is 344 g/mol. The van der Waals surface area contributed by atoms with Crippen LogP contribution in [0.25, 0.3) is 11.0 Å². The Balaban J connectivity index is 1.97. The van der Waals surface area contributed by atoms with Crippen molar-refractivity contribution in [1.29, 1.82) is 0 Å². The van der Waals surface area contributed by atoms with E-state index < -0.39 is 16.5 Å². The van der Waals surface area contributed by atoms with E-state index in [-0.39, 0.29) is 17.0 Å². The van der Waals surface area contributed by atoms with Crippen LogP contribution in [0.1, 0.15) is 10.4 Å². The summed E-state index contributed by atoms with van der Waals surface area (Å²) in [6, 6.07) is 11.3. The summed E-state index contributed by atoms with van der Waals surface area (Å²) in [4.78, 5) is 34.3. The third kappa shape index (κ3) is 3.11. The van der Waals surface area contributed by atoms with Gasteiger partial charge in [-0.05, 0) is 36.4 Å². The number of hydrogen-bond acceptors (Lipinski definition) is 5. The maximum absolute atomic E-state index is 12.1. The molecule has 1 aromatic heterocycles. The highest BCUT2D eigenvalue weighted by Crippen LogP contribution is 2.22. The molecular weight excluding hydrogens is 336 g/mol. The van der Waals surface area contributed by atoms with Gasteiger partial charge in [-0.1, -0.05) is 11.6 Å². The van der Waals surface area contributed by atoms with Crippen molar-refractivity contribution >= 4 is 39.9 Å². The fourth-order valence-electron chi connectivity index (χ4n) is 2.11. The van der Waals surface area contributed by atoms with Gasteiger partial charge in [0.15, 0.2) is 0 Å². The highest BCUT2D eigenvalue weighted by molar-refractivity contribution is 6.30. The van der Waals surface area contributed by atoms with Crippen LogP contribution in [0.4, 0.5) is 11.4 Å². The lowest BCUT2D eigenvalue weighted by molar-refractivity contribution is -0.384. The van der Waals surface area contributed by atoms with Crippen LogP contribution in [0, 0.1) is 10.1 Å². The zero-order chi connectivity index (χ0) is 17.3. The van der Waals surface area contributed by atoms with Crippen molar-refractivity contribution in [2.75, 3.05) is 5.32 Å². The van der Waals surface area contributed by atoms with E-state index in [0.29, 0.717) is 16.0 Å². The number of carbonyl (C=O) groups is 1. The predicted octanol–water partition coefficient (Wildman–Crippen LogP) is 3.61. The Labute approximate surface area is 139 Å². The zero-order valence-electron chi connectivity index (χ0n) is 12.0. The summed E-state index contributed by atoms with van der Waals surface area (Å²) in [5.41, 5.74) is -0.513. The van der Waals surface area contributed by atoms with Gasteiger partial charge in [0.25, 0.3) is 11.6 Å². The van der Waals surface area contributed by atoms with Gasteiger partial charge in [-0.3, -0.25) is 14.9 Å². The van der Waals surface area contributed by atoms with Gasteiger partial charge in [-0.15, -0.1) is 0 Å². The number of non-ortho nitro benzene ring substituents is 1. The Hall–Kier alpha value is -3.19. The van der Waals surface area contributed by atoms with Gasteiger partial charge in [-0.25, -0.2) is 4.79 Å². The molecular formula is C16H9ClN2O5. The van der Waals surface area contributed by atoms with Crippen LogP contribution in [0.2, 0.25) is 5.02 Å². The Morgan fingerprint density at radius 3 is 2.50 bits per heavy atom. The smallest absolute Gasteiger partial charge is 0.360 e. The number of fused-ring (bicyclic) bond motifs is 1. The fourth-order valence-corrected chi connectivity index (χ4v) is 2.23. The number of nitro groups is 1. The molecule has 8 heteroatoms. The van der Waals surface area contributed by atoms with Gasteiger partial charge in [0.05, 0.1) is 4.92 Å². The van der Waals surface area contributed by atoms with Crippen LogP contribution < -0.4 is 10.9 Å². The molecule has 0 unspecified atom stereocenters. The molecule has 0 atom stereocenters. The van der Waals surface area contributed by atoms with Crippen molar-refractivity contribution in [1.82, 2.24) is 0 Å². The second-order valence-corrected chi connectivity index (χ2v) is 5.32. The summed E-state index contributed by atoms with van der Waals surface area (Å²) in [5.74, 6) is -0.524. The second-order valence-electron chi connectivity index (χ2n) is 4.89. The quantitative estimate of drug-likeness (QED) is 0.444. The molecule has 0 aliphatic carbocycles. The molecule has 0 aliphatic rings. The maximum atomic E-state index is 12.1. The average Bonchev–Trinajstić information content (AvgIpc) is 2.55. The highest BCUT2D eigenvalue weighted by atomic mass is 35.5. The number of anilines is 1. The lowest BCUT2D eigenvalue weighted by Gasteiger charge is -2.05. The molecule has 0 saturated heterocycles. The molecule has 0 saturated carbocycles. The SMILES string of the molecule is O=C(Nc1cc2cc([N+](=O)[O-])ccc2oc1=O)c1ccc(Cl)cc1. The van der Waals surface area contributed by atoms with Crippen LogP contribution in [0.3, 0.4) is 0 Å². The standard InChI is InChI=1S/C16H9ClN2O5/c17-11-3-1-9(2-4-11)15(20)18-13-8-10-7-12(19(22)23)5-6-14(10)24-16(13)21/h1-8H,(H,18,20). The van der Waals surface area contributed by atoms with Gasteiger partial charge in [0.1, 0.15) is 11.3 Å². The van der Waals surface area contributed by atoms with Gasteiger partial charge in [0, 0.05) is 28.1 Å². The fraction of sp³-hybridized carbons (Fsp3) is 0. The number of rotatable bonds is 3. The molecule has 0 spiro atoms. The molecule has 0 aliphatic heterocycles. The van der Waals surface area contributed by atoms with Gasteiger partial charge in [-0.2, -0.15) is 0 Å². The van der Waals surface area contributed by atoms with Crippen molar-refractivity contribution < 1.29 is 14.1 Å². The van der Waals surface area contributed by atoms with Crippen LogP contribution in [-0.4, -0.2) is 10.8 Å². The minimum atomic E-state index is -0.751. The van der Waals surface area contributed by atoms with Crippen molar-refractivity contribution in [2.24, 2.45) is 0 Å². The van der Waals surface area contributed by atoms with E-state index in [1.54, 1.807) is 12.1 Å². The maximum Gasteiger partial charge on any atom is 0.360 e. The number of nitrogens with one attached hydrogen (secondary N) is 1.